The summed E-state index contributed by atoms with van der Waals surface area (Å²) in [5.41, 5.74) is 4.81. The van der Waals surface area contributed by atoms with Gasteiger partial charge in [0.25, 0.3) is 0 Å². The number of aromatic nitrogens is 3. The zero-order chi connectivity index (χ0) is 13.3. The van der Waals surface area contributed by atoms with Crippen LogP contribution in [0.4, 0.5) is 0 Å². The standard InChI is InChI=1S/C14H19N3O/c1-9-6-10(2)13(11(3)7-9)14-15-12(8-18-5)17(4)16-14/h6-7H,8H2,1-5H3. The van der Waals surface area contributed by atoms with Crippen molar-refractivity contribution in [3.05, 3.63) is 34.6 Å². The molecular formula is C14H19N3O. The Morgan fingerprint density at radius 3 is 2.33 bits per heavy atom. The van der Waals surface area contributed by atoms with Gasteiger partial charge in [0.2, 0.25) is 0 Å². The monoisotopic (exact) mass is 245 g/mol. The van der Waals surface area contributed by atoms with Gasteiger partial charge in [-0.3, -0.25) is 4.68 Å². The first-order valence-corrected chi connectivity index (χ1v) is 6.00. The molecule has 0 aliphatic heterocycles. The first-order chi connectivity index (χ1) is 8.52. The summed E-state index contributed by atoms with van der Waals surface area (Å²) in [6.07, 6.45) is 0. The number of methoxy groups -OCH3 is 1. The molecule has 1 aromatic carbocycles. The molecule has 0 fully saturated rings. The summed E-state index contributed by atoms with van der Waals surface area (Å²) < 4.78 is 6.89. The van der Waals surface area contributed by atoms with Gasteiger partial charge in [-0.1, -0.05) is 17.7 Å². The zero-order valence-electron chi connectivity index (χ0n) is 11.6. The minimum atomic E-state index is 0.480. The van der Waals surface area contributed by atoms with Gasteiger partial charge in [-0.15, -0.1) is 0 Å². The molecule has 0 atom stereocenters. The number of hydrogen-bond donors (Lipinski definition) is 0. The van der Waals surface area contributed by atoms with Crippen LogP contribution in [-0.4, -0.2) is 21.9 Å². The van der Waals surface area contributed by atoms with E-state index < -0.39 is 0 Å². The first-order valence-electron chi connectivity index (χ1n) is 6.00. The predicted molar refractivity (Wildman–Crippen MR) is 71.4 cm³/mol. The lowest BCUT2D eigenvalue weighted by Crippen LogP contribution is -2.00. The second-order valence-corrected chi connectivity index (χ2v) is 4.68. The molecule has 18 heavy (non-hydrogen) atoms. The van der Waals surface area contributed by atoms with E-state index in [1.165, 1.54) is 16.7 Å². The van der Waals surface area contributed by atoms with Crippen LogP contribution in [-0.2, 0) is 18.4 Å². The van der Waals surface area contributed by atoms with Gasteiger partial charge in [0, 0.05) is 19.7 Å². The Balaban J connectivity index is 2.52. The SMILES string of the molecule is COCc1nc(-c2c(C)cc(C)cc2C)nn1C. The third-order valence-corrected chi connectivity index (χ3v) is 3.03. The van der Waals surface area contributed by atoms with Crippen LogP contribution in [0.2, 0.25) is 0 Å². The quantitative estimate of drug-likeness (QED) is 0.834. The largest absolute Gasteiger partial charge is 0.377 e. The van der Waals surface area contributed by atoms with Gasteiger partial charge in [0.1, 0.15) is 6.61 Å². The number of rotatable bonds is 3. The van der Waals surface area contributed by atoms with Crippen molar-refractivity contribution in [2.45, 2.75) is 27.4 Å². The van der Waals surface area contributed by atoms with Crippen molar-refractivity contribution in [3.8, 4) is 11.4 Å². The fourth-order valence-corrected chi connectivity index (χ4v) is 2.31. The summed E-state index contributed by atoms with van der Waals surface area (Å²) >= 11 is 0. The number of hydrogen-bond acceptors (Lipinski definition) is 3. The highest BCUT2D eigenvalue weighted by Gasteiger charge is 2.13. The fraction of sp³-hybridized carbons (Fsp3) is 0.429. The molecular weight excluding hydrogens is 226 g/mol. The van der Waals surface area contributed by atoms with Crippen molar-refractivity contribution >= 4 is 0 Å². The van der Waals surface area contributed by atoms with Crippen LogP contribution >= 0.6 is 0 Å². The van der Waals surface area contributed by atoms with E-state index in [2.05, 4.69) is 43.0 Å². The Hall–Kier alpha value is -1.68. The summed E-state index contributed by atoms with van der Waals surface area (Å²) in [5.74, 6) is 1.62. The lowest BCUT2D eigenvalue weighted by atomic mass is 9.99. The lowest BCUT2D eigenvalue weighted by Gasteiger charge is -2.07. The maximum Gasteiger partial charge on any atom is 0.182 e. The Morgan fingerprint density at radius 1 is 1.17 bits per heavy atom. The van der Waals surface area contributed by atoms with Crippen molar-refractivity contribution in [2.24, 2.45) is 7.05 Å². The van der Waals surface area contributed by atoms with Crippen LogP contribution in [0, 0.1) is 20.8 Å². The fourth-order valence-electron chi connectivity index (χ4n) is 2.31. The molecule has 0 aliphatic rings. The molecule has 96 valence electrons. The topological polar surface area (TPSA) is 39.9 Å². The molecule has 0 N–H and O–H groups in total. The van der Waals surface area contributed by atoms with E-state index >= 15 is 0 Å². The van der Waals surface area contributed by atoms with Gasteiger partial charge in [0.05, 0.1) is 0 Å². The number of aryl methyl sites for hydroxylation is 4. The smallest absolute Gasteiger partial charge is 0.182 e. The maximum absolute atomic E-state index is 5.11. The minimum absolute atomic E-state index is 0.480. The predicted octanol–water partition coefficient (Wildman–Crippen LogP) is 2.55. The van der Waals surface area contributed by atoms with Gasteiger partial charge in [-0.25, -0.2) is 4.98 Å². The molecule has 1 heterocycles. The summed E-state index contributed by atoms with van der Waals surface area (Å²) in [7, 11) is 3.56. The molecule has 0 saturated heterocycles. The molecule has 0 amide bonds. The van der Waals surface area contributed by atoms with E-state index in [9.17, 15) is 0 Å². The van der Waals surface area contributed by atoms with Gasteiger partial charge in [-0.05, 0) is 31.9 Å². The molecule has 4 nitrogen and oxygen atoms in total. The second-order valence-electron chi connectivity index (χ2n) is 4.68. The molecule has 0 radical (unpaired) electrons. The molecule has 0 spiro atoms. The van der Waals surface area contributed by atoms with Crippen LogP contribution in [0.25, 0.3) is 11.4 Å². The Morgan fingerprint density at radius 2 is 1.78 bits per heavy atom. The lowest BCUT2D eigenvalue weighted by molar-refractivity contribution is 0.174. The molecule has 2 rings (SSSR count). The van der Waals surface area contributed by atoms with E-state index in [0.29, 0.717) is 6.61 Å². The molecule has 0 aliphatic carbocycles. The van der Waals surface area contributed by atoms with Gasteiger partial charge in [0.15, 0.2) is 11.6 Å². The third kappa shape index (κ3) is 2.29. The average molecular weight is 245 g/mol. The zero-order valence-corrected chi connectivity index (χ0v) is 11.6. The van der Waals surface area contributed by atoms with Crippen LogP contribution < -0.4 is 0 Å². The summed E-state index contributed by atoms with van der Waals surface area (Å²) in [6.45, 7) is 6.78. The van der Waals surface area contributed by atoms with Crippen molar-refractivity contribution in [3.63, 3.8) is 0 Å². The van der Waals surface area contributed by atoms with E-state index in [1.54, 1.807) is 11.8 Å². The number of ether oxygens (including phenoxy) is 1. The summed E-state index contributed by atoms with van der Waals surface area (Å²) in [4.78, 5) is 4.55. The molecule has 0 saturated carbocycles. The highest BCUT2D eigenvalue weighted by Crippen LogP contribution is 2.25. The van der Waals surface area contributed by atoms with Crippen molar-refractivity contribution in [1.29, 1.82) is 0 Å². The van der Waals surface area contributed by atoms with Crippen LogP contribution in [0.15, 0.2) is 12.1 Å². The maximum atomic E-state index is 5.11. The highest BCUT2D eigenvalue weighted by molar-refractivity contribution is 5.65. The highest BCUT2D eigenvalue weighted by atomic mass is 16.5. The molecule has 0 bridgehead atoms. The first kappa shape index (κ1) is 12.8. The van der Waals surface area contributed by atoms with E-state index in [0.717, 1.165) is 17.2 Å². The van der Waals surface area contributed by atoms with Gasteiger partial charge in [-0.2, -0.15) is 5.10 Å². The van der Waals surface area contributed by atoms with E-state index in [-0.39, 0.29) is 0 Å². The molecule has 0 unspecified atom stereocenters. The second kappa shape index (κ2) is 4.90. The normalized spacial score (nSPS) is 10.9. The minimum Gasteiger partial charge on any atom is -0.377 e. The third-order valence-electron chi connectivity index (χ3n) is 3.03. The Kier molecular flexibility index (Phi) is 3.48. The summed E-state index contributed by atoms with van der Waals surface area (Å²) in [6, 6.07) is 4.32. The van der Waals surface area contributed by atoms with Crippen LogP contribution in [0.5, 0.6) is 0 Å². The Bertz CT molecular complexity index is 549. The van der Waals surface area contributed by atoms with Crippen molar-refractivity contribution in [1.82, 2.24) is 14.8 Å². The van der Waals surface area contributed by atoms with E-state index in [1.807, 2.05) is 7.05 Å². The Labute approximate surface area is 108 Å². The van der Waals surface area contributed by atoms with Crippen LogP contribution in [0.3, 0.4) is 0 Å². The van der Waals surface area contributed by atoms with Crippen molar-refractivity contribution < 1.29 is 4.74 Å². The molecule has 1 aromatic heterocycles. The molecule has 2 aromatic rings. The number of nitrogens with zero attached hydrogens (tertiary/aromatic N) is 3. The molecule has 4 heteroatoms. The average Bonchev–Trinajstić information content (AvgIpc) is 2.59. The number of benzene rings is 1. The van der Waals surface area contributed by atoms with Gasteiger partial charge < -0.3 is 4.74 Å². The van der Waals surface area contributed by atoms with Crippen molar-refractivity contribution in [2.75, 3.05) is 7.11 Å². The summed E-state index contributed by atoms with van der Waals surface area (Å²) in [5, 5.41) is 4.48. The van der Waals surface area contributed by atoms with Gasteiger partial charge >= 0.3 is 0 Å². The van der Waals surface area contributed by atoms with E-state index in [4.69, 9.17) is 4.74 Å². The van der Waals surface area contributed by atoms with Crippen LogP contribution in [0.1, 0.15) is 22.5 Å².